The van der Waals surface area contributed by atoms with Crippen molar-refractivity contribution in [1.82, 2.24) is 20.1 Å². The van der Waals surface area contributed by atoms with E-state index >= 15 is 0 Å². The van der Waals surface area contributed by atoms with Gasteiger partial charge in [0, 0.05) is 31.7 Å². The first-order valence-electron chi connectivity index (χ1n) is 8.87. The van der Waals surface area contributed by atoms with Crippen LogP contribution in [0, 0.1) is 13.8 Å². The van der Waals surface area contributed by atoms with Crippen molar-refractivity contribution in [2.75, 3.05) is 26.7 Å². The van der Waals surface area contributed by atoms with Crippen LogP contribution in [0.5, 0.6) is 0 Å². The number of amides is 1. The Morgan fingerprint density at radius 3 is 2.57 bits per heavy atom. The molecule has 2 heterocycles. The third-order valence-corrected chi connectivity index (χ3v) is 4.84. The summed E-state index contributed by atoms with van der Waals surface area (Å²) in [5.41, 5.74) is 1.95. The van der Waals surface area contributed by atoms with Crippen LogP contribution in [0.3, 0.4) is 0 Å². The van der Waals surface area contributed by atoms with Crippen LogP contribution < -0.4 is 5.32 Å². The van der Waals surface area contributed by atoms with Crippen molar-refractivity contribution in [1.29, 1.82) is 0 Å². The maximum absolute atomic E-state index is 12.6. The Bertz CT molecular complexity index is 818. The minimum Gasteiger partial charge on any atom is -0.444 e. The van der Waals surface area contributed by atoms with Gasteiger partial charge in [0.25, 0.3) is 0 Å². The fraction of sp³-hybridized carbons (Fsp3) is 0.421. The number of rotatable bonds is 4. The number of guanidine groups is 1. The molecule has 152 valence electrons. The highest BCUT2D eigenvalue weighted by Crippen LogP contribution is 2.14. The van der Waals surface area contributed by atoms with E-state index in [2.05, 4.69) is 15.3 Å². The molecule has 1 aromatic carbocycles. The lowest BCUT2D eigenvalue weighted by atomic mass is 10.2. The van der Waals surface area contributed by atoms with Gasteiger partial charge in [-0.1, -0.05) is 23.7 Å². The molecular formula is C19H25ClIN5O2. The highest BCUT2D eigenvalue weighted by atomic mass is 127. The third-order valence-electron chi connectivity index (χ3n) is 4.59. The predicted molar refractivity (Wildman–Crippen MR) is 120 cm³/mol. The predicted octanol–water partition coefficient (Wildman–Crippen LogP) is 2.98. The minimum atomic E-state index is 0. The summed E-state index contributed by atoms with van der Waals surface area (Å²) in [4.78, 5) is 25.0. The molecule has 0 saturated carbocycles. The fourth-order valence-corrected chi connectivity index (χ4v) is 3.09. The van der Waals surface area contributed by atoms with Gasteiger partial charge in [-0.3, -0.25) is 9.79 Å². The molecule has 0 radical (unpaired) electrons. The smallest absolute Gasteiger partial charge is 0.242 e. The van der Waals surface area contributed by atoms with Gasteiger partial charge in [0.1, 0.15) is 5.76 Å². The largest absolute Gasteiger partial charge is 0.444 e. The van der Waals surface area contributed by atoms with E-state index in [1.807, 2.05) is 47.9 Å². The van der Waals surface area contributed by atoms with Crippen molar-refractivity contribution in [3.8, 4) is 0 Å². The van der Waals surface area contributed by atoms with Crippen molar-refractivity contribution in [3.63, 3.8) is 0 Å². The maximum Gasteiger partial charge on any atom is 0.242 e. The average Bonchev–Trinajstić information content (AvgIpc) is 2.97. The van der Waals surface area contributed by atoms with E-state index < -0.39 is 0 Å². The van der Waals surface area contributed by atoms with Gasteiger partial charge in [-0.05, 0) is 31.5 Å². The molecule has 28 heavy (non-hydrogen) atoms. The van der Waals surface area contributed by atoms with Gasteiger partial charge in [0.05, 0.1) is 18.8 Å². The van der Waals surface area contributed by atoms with Crippen LogP contribution in [-0.4, -0.2) is 53.3 Å². The van der Waals surface area contributed by atoms with Gasteiger partial charge in [0.15, 0.2) is 5.96 Å². The number of aliphatic imine (C=N–C) groups is 1. The van der Waals surface area contributed by atoms with E-state index in [9.17, 15) is 4.79 Å². The molecule has 1 aliphatic heterocycles. The number of hydrogen-bond donors (Lipinski definition) is 1. The Balaban J connectivity index is 0.00000280. The highest BCUT2D eigenvalue weighted by molar-refractivity contribution is 14.0. The van der Waals surface area contributed by atoms with Gasteiger partial charge in [-0.25, -0.2) is 4.98 Å². The van der Waals surface area contributed by atoms with Crippen LogP contribution in [0.25, 0.3) is 0 Å². The summed E-state index contributed by atoms with van der Waals surface area (Å²) in [6, 6.07) is 7.58. The summed E-state index contributed by atoms with van der Waals surface area (Å²) in [6.07, 6.45) is 0. The Kier molecular flexibility index (Phi) is 8.11. The van der Waals surface area contributed by atoms with E-state index in [1.54, 1.807) is 7.05 Å². The topological polar surface area (TPSA) is 74.0 Å². The lowest BCUT2D eigenvalue weighted by Crippen LogP contribution is -2.54. The van der Waals surface area contributed by atoms with Gasteiger partial charge in [-0.2, -0.15) is 0 Å². The molecule has 3 rings (SSSR count). The number of halogens is 2. The molecule has 0 atom stereocenters. The Morgan fingerprint density at radius 1 is 1.29 bits per heavy atom. The normalized spacial score (nSPS) is 14.9. The summed E-state index contributed by atoms with van der Waals surface area (Å²) in [7, 11) is 1.71. The average molecular weight is 518 g/mol. The molecule has 9 heteroatoms. The Morgan fingerprint density at radius 2 is 2.00 bits per heavy atom. The number of aryl methyl sites for hydroxylation is 2. The number of piperazine rings is 1. The van der Waals surface area contributed by atoms with Gasteiger partial charge in [-0.15, -0.1) is 24.0 Å². The van der Waals surface area contributed by atoms with E-state index in [0.29, 0.717) is 43.1 Å². The molecular weight excluding hydrogens is 493 g/mol. The number of benzene rings is 1. The zero-order valence-electron chi connectivity index (χ0n) is 16.2. The van der Waals surface area contributed by atoms with E-state index in [4.69, 9.17) is 16.0 Å². The van der Waals surface area contributed by atoms with Crippen LogP contribution in [0.4, 0.5) is 0 Å². The summed E-state index contributed by atoms with van der Waals surface area (Å²) < 4.78 is 5.58. The lowest BCUT2D eigenvalue weighted by Gasteiger charge is -2.36. The molecule has 1 amide bonds. The molecule has 2 aromatic rings. The van der Waals surface area contributed by atoms with Crippen LogP contribution in [0.15, 0.2) is 33.7 Å². The summed E-state index contributed by atoms with van der Waals surface area (Å²) >= 11 is 5.92. The summed E-state index contributed by atoms with van der Waals surface area (Å²) in [5, 5.41) is 3.92. The number of carbonyl (C=O) groups excluding carboxylic acids is 1. The second kappa shape index (κ2) is 10.1. The molecule has 0 aliphatic carbocycles. The van der Waals surface area contributed by atoms with Crippen molar-refractivity contribution < 1.29 is 9.21 Å². The Labute approximate surface area is 187 Å². The summed E-state index contributed by atoms with van der Waals surface area (Å²) in [6.45, 7) is 6.46. The quantitative estimate of drug-likeness (QED) is 0.383. The van der Waals surface area contributed by atoms with Crippen molar-refractivity contribution in [3.05, 3.63) is 52.2 Å². The van der Waals surface area contributed by atoms with Crippen LogP contribution in [0.1, 0.15) is 22.9 Å². The Hall–Kier alpha value is -1.81. The standard InChI is InChI=1S/C19H24ClN5O2.HI/c1-13-14(2)27-17(23-13)10-22-19(21-3)25-9-8-24(18(26)12-25)11-15-4-6-16(20)7-5-15;/h4-7H,8-12H2,1-3H3,(H,21,22);1H. The minimum absolute atomic E-state index is 0. The van der Waals surface area contributed by atoms with E-state index in [0.717, 1.165) is 17.0 Å². The number of hydrogen-bond acceptors (Lipinski definition) is 4. The van der Waals surface area contributed by atoms with Crippen molar-refractivity contribution in [2.24, 2.45) is 4.99 Å². The number of carbonyl (C=O) groups is 1. The molecule has 0 unspecified atom stereocenters. The molecule has 1 aliphatic rings. The van der Waals surface area contributed by atoms with E-state index in [-0.39, 0.29) is 36.4 Å². The van der Waals surface area contributed by atoms with Crippen LogP contribution in [-0.2, 0) is 17.9 Å². The SMILES string of the molecule is CN=C(NCc1nc(C)c(C)o1)N1CCN(Cc2ccc(Cl)cc2)C(=O)C1.I. The molecule has 1 aromatic heterocycles. The maximum atomic E-state index is 12.6. The fourth-order valence-electron chi connectivity index (χ4n) is 2.97. The third kappa shape index (κ3) is 5.60. The molecule has 1 N–H and O–H groups in total. The molecule has 1 saturated heterocycles. The lowest BCUT2D eigenvalue weighted by molar-refractivity contribution is -0.135. The molecule has 0 spiro atoms. The van der Waals surface area contributed by atoms with Crippen molar-refractivity contribution in [2.45, 2.75) is 26.9 Å². The second-order valence-corrected chi connectivity index (χ2v) is 6.95. The van der Waals surface area contributed by atoms with Gasteiger partial charge >= 0.3 is 0 Å². The van der Waals surface area contributed by atoms with Crippen molar-refractivity contribution >= 4 is 47.4 Å². The highest BCUT2D eigenvalue weighted by Gasteiger charge is 2.26. The second-order valence-electron chi connectivity index (χ2n) is 6.51. The zero-order chi connectivity index (χ0) is 19.4. The summed E-state index contributed by atoms with van der Waals surface area (Å²) in [5.74, 6) is 2.16. The first-order valence-corrected chi connectivity index (χ1v) is 9.25. The number of aromatic nitrogens is 1. The van der Waals surface area contributed by atoms with Crippen LogP contribution in [0.2, 0.25) is 5.02 Å². The molecule has 1 fully saturated rings. The monoisotopic (exact) mass is 517 g/mol. The van der Waals surface area contributed by atoms with E-state index in [1.165, 1.54) is 0 Å². The van der Waals surface area contributed by atoms with Gasteiger partial charge < -0.3 is 19.5 Å². The number of oxazole rings is 1. The first-order chi connectivity index (χ1) is 13.0. The molecule has 0 bridgehead atoms. The number of nitrogens with zero attached hydrogens (tertiary/aromatic N) is 4. The van der Waals surface area contributed by atoms with Crippen LogP contribution >= 0.6 is 35.6 Å². The zero-order valence-corrected chi connectivity index (χ0v) is 19.3. The molecule has 7 nitrogen and oxygen atoms in total. The van der Waals surface area contributed by atoms with Gasteiger partial charge in [0.2, 0.25) is 11.8 Å². The first kappa shape index (κ1) is 22.5. The number of nitrogens with one attached hydrogen (secondary N) is 1.